The maximum absolute atomic E-state index is 12.7. The molecular weight excluding hydrogens is 769 g/mol. The van der Waals surface area contributed by atoms with Gasteiger partial charge in [-0.2, -0.15) is 0 Å². The van der Waals surface area contributed by atoms with E-state index in [1.165, 1.54) is 186 Å². The number of hydrogen-bond acceptors (Lipinski definition) is 6. The van der Waals surface area contributed by atoms with Gasteiger partial charge in [-0.25, -0.2) is 0 Å². The van der Waals surface area contributed by atoms with Gasteiger partial charge in [-0.05, 0) is 37.0 Å². The summed E-state index contributed by atoms with van der Waals surface area (Å²) in [6, 6.07) is 0. The van der Waals surface area contributed by atoms with Crippen LogP contribution in [0, 0.1) is 17.8 Å². The van der Waals surface area contributed by atoms with E-state index in [1.54, 1.807) is 0 Å². The number of carbonyl (C=O) groups is 3. The lowest BCUT2D eigenvalue weighted by Crippen LogP contribution is -2.30. The highest BCUT2D eigenvalue weighted by Gasteiger charge is 2.19. The molecule has 6 nitrogen and oxygen atoms in total. The Morgan fingerprint density at radius 1 is 0.323 bits per heavy atom. The van der Waals surface area contributed by atoms with E-state index in [9.17, 15) is 14.4 Å². The molecule has 0 saturated heterocycles. The van der Waals surface area contributed by atoms with Crippen molar-refractivity contribution in [3.8, 4) is 0 Å². The lowest BCUT2D eigenvalue weighted by Gasteiger charge is -2.18. The smallest absolute Gasteiger partial charge is 0.306 e. The van der Waals surface area contributed by atoms with E-state index >= 15 is 0 Å². The van der Waals surface area contributed by atoms with Gasteiger partial charge in [0, 0.05) is 19.3 Å². The quantitative estimate of drug-likeness (QED) is 0.0344. The first-order valence-corrected chi connectivity index (χ1v) is 27.6. The predicted octanol–water partition coefficient (Wildman–Crippen LogP) is 17.9. The Hall–Kier alpha value is -1.59. The van der Waals surface area contributed by atoms with E-state index in [2.05, 4.69) is 41.5 Å². The summed E-state index contributed by atoms with van der Waals surface area (Å²) in [5, 5.41) is 0. The molecule has 62 heavy (non-hydrogen) atoms. The summed E-state index contributed by atoms with van der Waals surface area (Å²) in [5.74, 6) is 1.63. The molecule has 0 spiro atoms. The van der Waals surface area contributed by atoms with Crippen LogP contribution < -0.4 is 0 Å². The zero-order chi connectivity index (χ0) is 45.6. The maximum atomic E-state index is 12.7. The summed E-state index contributed by atoms with van der Waals surface area (Å²) in [5.41, 5.74) is 0. The third-order valence-electron chi connectivity index (χ3n) is 13.0. The zero-order valence-electron chi connectivity index (χ0n) is 42.7. The molecule has 0 aliphatic rings. The van der Waals surface area contributed by atoms with Crippen molar-refractivity contribution >= 4 is 17.9 Å². The van der Waals surface area contributed by atoms with Crippen LogP contribution >= 0.6 is 0 Å². The van der Waals surface area contributed by atoms with Crippen LogP contribution in [0.1, 0.15) is 305 Å². The third kappa shape index (κ3) is 47.9. The van der Waals surface area contributed by atoms with Crippen molar-refractivity contribution in [1.29, 1.82) is 0 Å². The number of carbonyl (C=O) groups excluding carboxylic acids is 3. The Bertz CT molecular complexity index is 962. The fourth-order valence-corrected chi connectivity index (χ4v) is 8.44. The number of ether oxygens (including phenoxy) is 3. The Morgan fingerprint density at radius 2 is 0.565 bits per heavy atom. The molecule has 0 N–H and O–H groups in total. The molecular formula is C56H108O6. The average Bonchev–Trinajstić information content (AvgIpc) is 3.24. The minimum atomic E-state index is -0.763. The Balaban J connectivity index is 4.18. The maximum Gasteiger partial charge on any atom is 0.306 e. The van der Waals surface area contributed by atoms with Gasteiger partial charge in [0.15, 0.2) is 6.10 Å². The monoisotopic (exact) mass is 877 g/mol. The van der Waals surface area contributed by atoms with E-state index in [0.717, 1.165) is 75.5 Å². The minimum absolute atomic E-state index is 0.0652. The van der Waals surface area contributed by atoms with Crippen LogP contribution in [0.2, 0.25) is 0 Å². The highest BCUT2D eigenvalue weighted by molar-refractivity contribution is 5.71. The normalized spacial score (nSPS) is 12.6. The molecule has 0 aromatic rings. The highest BCUT2D eigenvalue weighted by atomic mass is 16.6. The van der Waals surface area contributed by atoms with Crippen molar-refractivity contribution in [2.45, 2.75) is 311 Å². The second kappa shape index (κ2) is 47.4. The van der Waals surface area contributed by atoms with Crippen LogP contribution in [0.15, 0.2) is 0 Å². The summed E-state index contributed by atoms with van der Waals surface area (Å²) in [4.78, 5) is 38.0. The van der Waals surface area contributed by atoms with E-state index < -0.39 is 6.10 Å². The van der Waals surface area contributed by atoms with Gasteiger partial charge in [0.05, 0.1) is 0 Å². The molecule has 1 unspecified atom stereocenters. The standard InChI is InChI=1S/C56H108O6/c1-7-52(6)44-38-32-25-21-18-19-23-27-34-40-46-55(58)61-49-53(62-56(59)47-41-35-29-28-31-37-43-51(4)5)48-60-54(57)45-39-33-26-22-17-15-13-11-9-8-10-12-14-16-20-24-30-36-42-50(2)3/h50-53H,7-49H2,1-6H3/t52?,53-/m1/s1. The van der Waals surface area contributed by atoms with E-state index in [0.29, 0.717) is 19.3 Å². The Kier molecular flexibility index (Phi) is 46.2. The molecule has 0 aliphatic carbocycles. The molecule has 2 atom stereocenters. The molecule has 0 radical (unpaired) electrons. The number of esters is 3. The lowest BCUT2D eigenvalue weighted by atomic mass is 9.99. The van der Waals surface area contributed by atoms with Crippen LogP contribution in [-0.2, 0) is 28.6 Å². The van der Waals surface area contributed by atoms with Gasteiger partial charge in [-0.15, -0.1) is 0 Å². The molecule has 0 aromatic carbocycles. The SMILES string of the molecule is CCC(C)CCCCCCCCCCCCC(=O)OC[C@@H](COC(=O)CCCCCCCCCCCCCCCCCCCCC(C)C)OC(=O)CCCCCCCCC(C)C. The molecule has 0 bridgehead atoms. The first kappa shape index (κ1) is 60.4. The largest absolute Gasteiger partial charge is 0.462 e. The number of unbranched alkanes of at least 4 members (excludes halogenated alkanes) is 31. The van der Waals surface area contributed by atoms with Crippen molar-refractivity contribution in [3.05, 3.63) is 0 Å². The second-order valence-corrected chi connectivity index (χ2v) is 20.4. The zero-order valence-corrected chi connectivity index (χ0v) is 42.7. The van der Waals surface area contributed by atoms with Gasteiger partial charge in [-0.1, -0.05) is 266 Å². The van der Waals surface area contributed by atoms with Crippen LogP contribution in [-0.4, -0.2) is 37.2 Å². The first-order valence-electron chi connectivity index (χ1n) is 27.6. The van der Waals surface area contributed by atoms with Gasteiger partial charge >= 0.3 is 17.9 Å². The molecule has 0 amide bonds. The molecule has 368 valence electrons. The Labute approximate surface area is 387 Å². The van der Waals surface area contributed by atoms with Crippen LogP contribution in [0.3, 0.4) is 0 Å². The minimum Gasteiger partial charge on any atom is -0.462 e. The third-order valence-corrected chi connectivity index (χ3v) is 13.0. The van der Waals surface area contributed by atoms with Gasteiger partial charge < -0.3 is 14.2 Å². The number of hydrogen-bond donors (Lipinski definition) is 0. The number of rotatable bonds is 49. The molecule has 6 heteroatoms. The predicted molar refractivity (Wildman–Crippen MR) is 266 cm³/mol. The molecule has 0 fully saturated rings. The van der Waals surface area contributed by atoms with Crippen molar-refractivity contribution in [2.24, 2.45) is 17.8 Å². The summed E-state index contributed by atoms with van der Waals surface area (Å²) >= 11 is 0. The van der Waals surface area contributed by atoms with Gasteiger partial charge in [0.2, 0.25) is 0 Å². The summed E-state index contributed by atoms with van der Waals surface area (Å²) in [6.45, 7) is 13.7. The van der Waals surface area contributed by atoms with Crippen LogP contribution in [0.4, 0.5) is 0 Å². The van der Waals surface area contributed by atoms with Crippen molar-refractivity contribution in [1.82, 2.24) is 0 Å². The van der Waals surface area contributed by atoms with E-state index in [-0.39, 0.29) is 31.1 Å². The summed E-state index contributed by atoms with van der Waals surface area (Å²) in [6.07, 6.45) is 48.2. The molecule has 0 heterocycles. The van der Waals surface area contributed by atoms with Gasteiger partial charge in [-0.3, -0.25) is 14.4 Å². The van der Waals surface area contributed by atoms with Crippen LogP contribution in [0.5, 0.6) is 0 Å². The topological polar surface area (TPSA) is 78.9 Å². The molecule has 0 saturated carbocycles. The highest BCUT2D eigenvalue weighted by Crippen LogP contribution is 2.18. The van der Waals surface area contributed by atoms with Crippen molar-refractivity contribution in [3.63, 3.8) is 0 Å². The first-order chi connectivity index (χ1) is 30.1. The van der Waals surface area contributed by atoms with Crippen molar-refractivity contribution in [2.75, 3.05) is 13.2 Å². The van der Waals surface area contributed by atoms with E-state index in [1.807, 2.05) is 0 Å². The van der Waals surface area contributed by atoms with Gasteiger partial charge in [0.1, 0.15) is 13.2 Å². The fourth-order valence-electron chi connectivity index (χ4n) is 8.44. The van der Waals surface area contributed by atoms with Gasteiger partial charge in [0.25, 0.3) is 0 Å². The van der Waals surface area contributed by atoms with Crippen LogP contribution in [0.25, 0.3) is 0 Å². The van der Waals surface area contributed by atoms with Crippen molar-refractivity contribution < 1.29 is 28.6 Å². The average molecular weight is 877 g/mol. The summed E-state index contributed by atoms with van der Waals surface area (Å²) in [7, 11) is 0. The Morgan fingerprint density at radius 3 is 0.839 bits per heavy atom. The second-order valence-electron chi connectivity index (χ2n) is 20.4. The molecule has 0 rings (SSSR count). The lowest BCUT2D eigenvalue weighted by molar-refractivity contribution is -0.167. The fraction of sp³-hybridized carbons (Fsp3) is 0.946. The summed E-state index contributed by atoms with van der Waals surface area (Å²) < 4.78 is 16.8. The molecule has 0 aromatic heterocycles. The molecule has 0 aliphatic heterocycles. The van der Waals surface area contributed by atoms with E-state index in [4.69, 9.17) is 14.2 Å².